The summed E-state index contributed by atoms with van der Waals surface area (Å²) in [6, 6.07) is 8.46. The van der Waals surface area contributed by atoms with E-state index < -0.39 is 17.7 Å². The lowest BCUT2D eigenvalue weighted by Crippen LogP contribution is -2.24. The third-order valence-corrected chi connectivity index (χ3v) is 5.62. The van der Waals surface area contributed by atoms with E-state index in [0.29, 0.717) is 35.8 Å². The zero-order valence-electron chi connectivity index (χ0n) is 17.7. The van der Waals surface area contributed by atoms with Gasteiger partial charge in [-0.2, -0.15) is 5.10 Å². The molecule has 1 amide bonds. The summed E-state index contributed by atoms with van der Waals surface area (Å²) in [5.41, 5.74) is 1.41. The molecule has 1 aromatic carbocycles. The quantitative estimate of drug-likeness (QED) is 0.487. The largest absolute Gasteiger partial charge is 0.418 e. The van der Waals surface area contributed by atoms with Crippen LogP contribution in [0, 0.1) is 18.6 Å². The van der Waals surface area contributed by atoms with E-state index in [1.165, 1.54) is 16.8 Å². The second-order valence-electron chi connectivity index (χ2n) is 7.76. The maximum absolute atomic E-state index is 14.4. The molecule has 5 rings (SSSR count). The van der Waals surface area contributed by atoms with Gasteiger partial charge in [0.15, 0.2) is 5.75 Å². The number of amides is 1. The maximum Gasteiger partial charge on any atom is 0.418 e. The number of carbonyl (C=O) groups is 1. The predicted octanol–water partition coefficient (Wildman–Crippen LogP) is 4.66. The summed E-state index contributed by atoms with van der Waals surface area (Å²) in [4.78, 5) is 23.0. The van der Waals surface area contributed by atoms with Gasteiger partial charge in [0, 0.05) is 24.5 Å². The smallest absolute Gasteiger partial charge is 0.404 e. The Hall–Kier alpha value is -4.08. The fourth-order valence-corrected chi connectivity index (χ4v) is 4.04. The monoisotopic (exact) mass is 450 g/mol. The number of ether oxygens (including phenoxy) is 1. The second kappa shape index (κ2) is 8.45. The number of anilines is 2. The number of rotatable bonds is 4. The van der Waals surface area contributed by atoms with E-state index in [9.17, 15) is 13.6 Å². The number of hydrogen-bond donors (Lipinski definition) is 1. The van der Waals surface area contributed by atoms with E-state index in [-0.39, 0.29) is 11.8 Å². The number of carbonyl (C=O) groups excluding carboxylic acids is 1. The molecule has 4 heterocycles. The number of benzene rings is 1. The molecule has 0 radical (unpaired) electrons. The highest BCUT2D eigenvalue weighted by Crippen LogP contribution is 2.37. The normalized spacial score (nSPS) is 15.7. The first-order chi connectivity index (χ1) is 16.0. The van der Waals surface area contributed by atoms with Crippen molar-refractivity contribution in [1.29, 1.82) is 0 Å². The number of nitrogens with zero attached hydrogens (tertiary/aromatic N) is 5. The average molecular weight is 450 g/mol. The Bertz CT molecular complexity index is 1340. The topological polar surface area (TPSA) is 84.6 Å². The molecule has 0 aliphatic carbocycles. The molecule has 1 atom stereocenters. The molecule has 1 N–H and O–H groups in total. The third kappa shape index (κ3) is 4.07. The number of hydrogen-bond acceptors (Lipinski definition) is 6. The van der Waals surface area contributed by atoms with Crippen molar-refractivity contribution in [3.05, 3.63) is 77.8 Å². The Balaban J connectivity index is 1.41. The van der Waals surface area contributed by atoms with Gasteiger partial charge < -0.3 is 9.64 Å². The standard InChI is InChI=1S/C23H20F2N6O2/c1-14-4-2-9-26-21(14)29-23(32)33-19-13-27-31-11-8-20(28-22(19)31)30-10-3-5-18(30)16-12-15(24)6-7-17(16)25/h2,4,6-9,11-13,18H,3,5,10H2,1H3,(H,26,29,32)/t18-/m1/s1. The zero-order chi connectivity index (χ0) is 22.9. The van der Waals surface area contributed by atoms with Crippen LogP contribution in [0.1, 0.15) is 30.0 Å². The van der Waals surface area contributed by atoms with Gasteiger partial charge >= 0.3 is 6.09 Å². The summed E-state index contributed by atoms with van der Waals surface area (Å²) in [6.45, 7) is 2.45. The maximum atomic E-state index is 14.4. The van der Waals surface area contributed by atoms with Crippen LogP contribution in [-0.2, 0) is 0 Å². The molecule has 8 nitrogen and oxygen atoms in total. The molecule has 0 unspecified atom stereocenters. The molecule has 1 fully saturated rings. The second-order valence-corrected chi connectivity index (χ2v) is 7.76. The molecule has 3 aromatic heterocycles. The lowest BCUT2D eigenvalue weighted by molar-refractivity contribution is 0.215. The van der Waals surface area contributed by atoms with Gasteiger partial charge in [0.25, 0.3) is 0 Å². The molecule has 0 bridgehead atoms. The highest BCUT2D eigenvalue weighted by Gasteiger charge is 2.30. The number of halogens is 2. The number of aryl methyl sites for hydroxylation is 1. The highest BCUT2D eigenvalue weighted by atomic mass is 19.1. The van der Waals surface area contributed by atoms with Crippen LogP contribution in [0.15, 0.2) is 55.0 Å². The minimum atomic E-state index is -0.722. The van der Waals surface area contributed by atoms with E-state index in [2.05, 4.69) is 20.4 Å². The van der Waals surface area contributed by atoms with Crippen molar-refractivity contribution in [1.82, 2.24) is 19.6 Å². The van der Waals surface area contributed by atoms with Crippen LogP contribution in [0.3, 0.4) is 0 Å². The highest BCUT2D eigenvalue weighted by molar-refractivity contribution is 5.86. The molecule has 1 aliphatic heterocycles. The van der Waals surface area contributed by atoms with E-state index in [1.807, 2.05) is 17.9 Å². The van der Waals surface area contributed by atoms with Crippen LogP contribution < -0.4 is 15.0 Å². The minimum Gasteiger partial charge on any atom is -0.404 e. The molecule has 1 aliphatic rings. The molecule has 4 aromatic rings. The Morgan fingerprint density at radius 2 is 2.12 bits per heavy atom. The van der Waals surface area contributed by atoms with Gasteiger partial charge in [-0.1, -0.05) is 6.07 Å². The Kier molecular flexibility index (Phi) is 5.33. The van der Waals surface area contributed by atoms with Crippen molar-refractivity contribution in [3.8, 4) is 5.75 Å². The Morgan fingerprint density at radius 3 is 2.97 bits per heavy atom. The number of nitrogens with one attached hydrogen (secondary N) is 1. The molecule has 33 heavy (non-hydrogen) atoms. The van der Waals surface area contributed by atoms with Crippen LogP contribution in [0.4, 0.5) is 25.2 Å². The molecule has 168 valence electrons. The summed E-state index contributed by atoms with van der Waals surface area (Å²) in [5.74, 6) is 0.173. The van der Waals surface area contributed by atoms with E-state index in [4.69, 9.17) is 4.74 Å². The van der Waals surface area contributed by atoms with Crippen LogP contribution >= 0.6 is 0 Å². The van der Waals surface area contributed by atoms with Gasteiger partial charge in [0.05, 0.1) is 12.2 Å². The van der Waals surface area contributed by atoms with Crippen LogP contribution in [0.25, 0.3) is 5.65 Å². The minimum absolute atomic E-state index is 0.163. The summed E-state index contributed by atoms with van der Waals surface area (Å²) in [6.07, 6.45) is 5.40. The van der Waals surface area contributed by atoms with Crippen LogP contribution in [-0.4, -0.2) is 32.2 Å². The van der Waals surface area contributed by atoms with Crippen LogP contribution in [0.2, 0.25) is 0 Å². The van der Waals surface area contributed by atoms with Crippen LogP contribution in [0.5, 0.6) is 5.75 Å². The van der Waals surface area contributed by atoms with Crippen molar-refractivity contribution in [3.63, 3.8) is 0 Å². The molecule has 1 saturated heterocycles. The lowest BCUT2D eigenvalue weighted by atomic mass is 10.0. The summed E-state index contributed by atoms with van der Waals surface area (Å²) < 4.78 is 35.1. The zero-order valence-corrected chi connectivity index (χ0v) is 17.7. The first kappa shape index (κ1) is 20.8. The number of aromatic nitrogens is 4. The van der Waals surface area contributed by atoms with Gasteiger partial charge in [-0.05, 0) is 55.7 Å². The third-order valence-electron chi connectivity index (χ3n) is 5.62. The SMILES string of the molecule is Cc1cccnc1NC(=O)Oc1cnn2ccc(N3CCC[C@@H]3c3cc(F)ccc3F)nc12. The van der Waals surface area contributed by atoms with Gasteiger partial charge in [-0.25, -0.2) is 28.1 Å². The summed E-state index contributed by atoms with van der Waals surface area (Å²) >= 11 is 0. The van der Waals surface area contributed by atoms with Gasteiger partial charge in [-0.3, -0.25) is 5.32 Å². The van der Waals surface area contributed by atoms with Crippen molar-refractivity contribution in [2.45, 2.75) is 25.8 Å². The van der Waals surface area contributed by atoms with E-state index >= 15 is 0 Å². The molecule has 0 spiro atoms. The van der Waals surface area contributed by atoms with Crippen molar-refractivity contribution in [2.24, 2.45) is 0 Å². The fourth-order valence-electron chi connectivity index (χ4n) is 4.04. The van der Waals surface area contributed by atoms with Crippen molar-refractivity contribution < 1.29 is 18.3 Å². The fraction of sp³-hybridized carbons (Fsp3) is 0.217. The molecule has 10 heteroatoms. The Morgan fingerprint density at radius 1 is 1.24 bits per heavy atom. The average Bonchev–Trinajstić information content (AvgIpc) is 3.44. The molecular weight excluding hydrogens is 430 g/mol. The number of fused-ring (bicyclic) bond motifs is 1. The van der Waals surface area contributed by atoms with Gasteiger partial charge in [-0.15, -0.1) is 0 Å². The summed E-state index contributed by atoms with van der Waals surface area (Å²) in [5, 5.41) is 6.77. The van der Waals surface area contributed by atoms with Gasteiger partial charge in [0.1, 0.15) is 23.3 Å². The predicted molar refractivity (Wildman–Crippen MR) is 117 cm³/mol. The van der Waals surface area contributed by atoms with E-state index in [0.717, 1.165) is 24.1 Å². The molecular formula is C23H20F2N6O2. The van der Waals surface area contributed by atoms with Crippen molar-refractivity contribution in [2.75, 3.05) is 16.8 Å². The first-order valence-corrected chi connectivity index (χ1v) is 10.5. The Labute approximate surface area is 187 Å². The van der Waals surface area contributed by atoms with E-state index in [1.54, 1.807) is 24.5 Å². The number of pyridine rings is 1. The van der Waals surface area contributed by atoms with Crippen molar-refractivity contribution >= 4 is 23.4 Å². The molecule has 0 saturated carbocycles. The van der Waals surface area contributed by atoms with Gasteiger partial charge in [0.2, 0.25) is 5.65 Å². The first-order valence-electron chi connectivity index (χ1n) is 10.5. The lowest BCUT2D eigenvalue weighted by Gasteiger charge is -2.26. The summed E-state index contributed by atoms with van der Waals surface area (Å²) in [7, 11) is 0.